The molecule has 3 rings (SSSR count). The van der Waals surface area contributed by atoms with Gasteiger partial charge in [0.1, 0.15) is 6.54 Å². The van der Waals surface area contributed by atoms with Gasteiger partial charge in [-0.2, -0.15) is 4.80 Å². The molecule has 1 fully saturated rings. The average Bonchev–Trinajstić information content (AvgIpc) is 3.04. The van der Waals surface area contributed by atoms with Crippen LogP contribution in [0.4, 0.5) is 0 Å². The number of amides is 1. The van der Waals surface area contributed by atoms with Crippen molar-refractivity contribution in [2.45, 2.75) is 25.4 Å². The van der Waals surface area contributed by atoms with Crippen molar-refractivity contribution in [3.63, 3.8) is 0 Å². The summed E-state index contributed by atoms with van der Waals surface area (Å²) in [6.07, 6.45) is 0.418. The van der Waals surface area contributed by atoms with Crippen molar-refractivity contribution >= 4 is 15.7 Å². The first-order valence-electron chi connectivity index (χ1n) is 7.20. The number of nitrogens with one attached hydrogen (secondary N) is 1. The minimum atomic E-state index is -3.07. The molecule has 1 aromatic carbocycles. The molecule has 2 aromatic rings. The van der Waals surface area contributed by atoms with E-state index in [0.29, 0.717) is 12.2 Å². The minimum Gasteiger partial charge on any atom is -0.348 e. The van der Waals surface area contributed by atoms with Crippen LogP contribution in [0.5, 0.6) is 0 Å². The number of nitrogens with zero attached hydrogens (tertiary/aromatic N) is 4. The van der Waals surface area contributed by atoms with Gasteiger partial charge in [-0.25, -0.2) is 8.42 Å². The van der Waals surface area contributed by atoms with Crippen LogP contribution in [0.3, 0.4) is 0 Å². The second kappa shape index (κ2) is 5.73. The van der Waals surface area contributed by atoms with Crippen LogP contribution in [0.25, 0.3) is 11.4 Å². The van der Waals surface area contributed by atoms with Gasteiger partial charge in [-0.05, 0) is 18.6 Å². The molecule has 1 saturated heterocycles. The highest BCUT2D eigenvalue weighted by Gasteiger charge is 2.39. The Kier molecular flexibility index (Phi) is 3.88. The van der Waals surface area contributed by atoms with Crippen LogP contribution in [0, 0.1) is 0 Å². The normalized spacial score (nSPS) is 22.8. The van der Waals surface area contributed by atoms with Gasteiger partial charge in [-0.1, -0.05) is 30.3 Å². The fourth-order valence-corrected chi connectivity index (χ4v) is 4.72. The first-order chi connectivity index (χ1) is 10.9. The van der Waals surface area contributed by atoms with Gasteiger partial charge in [0.15, 0.2) is 9.84 Å². The zero-order valence-electron chi connectivity index (χ0n) is 12.6. The molecule has 122 valence electrons. The Balaban J connectivity index is 1.64. The number of carbonyl (C=O) groups is 1. The Hall–Kier alpha value is -2.29. The number of rotatable bonds is 4. The van der Waals surface area contributed by atoms with Crippen LogP contribution in [0.2, 0.25) is 0 Å². The van der Waals surface area contributed by atoms with E-state index in [1.54, 1.807) is 6.92 Å². The first-order valence-corrected chi connectivity index (χ1v) is 9.02. The van der Waals surface area contributed by atoms with E-state index in [4.69, 9.17) is 0 Å². The second-order valence-electron chi connectivity index (χ2n) is 5.96. The van der Waals surface area contributed by atoms with Crippen molar-refractivity contribution in [1.29, 1.82) is 0 Å². The quantitative estimate of drug-likeness (QED) is 0.845. The van der Waals surface area contributed by atoms with Crippen LogP contribution >= 0.6 is 0 Å². The summed E-state index contributed by atoms with van der Waals surface area (Å²) in [5.74, 6) is 0.171. The zero-order valence-corrected chi connectivity index (χ0v) is 13.5. The van der Waals surface area contributed by atoms with E-state index in [2.05, 4.69) is 20.7 Å². The van der Waals surface area contributed by atoms with E-state index in [1.807, 2.05) is 30.3 Å². The first kappa shape index (κ1) is 15.6. The Morgan fingerprint density at radius 2 is 2.09 bits per heavy atom. The summed E-state index contributed by atoms with van der Waals surface area (Å²) in [5, 5.41) is 14.7. The molecule has 0 saturated carbocycles. The number of benzene rings is 1. The molecule has 1 amide bonds. The monoisotopic (exact) mass is 335 g/mol. The molecule has 0 aliphatic carbocycles. The highest BCUT2D eigenvalue weighted by atomic mass is 32.2. The van der Waals surface area contributed by atoms with E-state index in [1.165, 1.54) is 4.80 Å². The lowest BCUT2D eigenvalue weighted by Gasteiger charge is -2.23. The number of hydrogen-bond donors (Lipinski definition) is 1. The molecule has 1 aromatic heterocycles. The predicted molar refractivity (Wildman–Crippen MR) is 83.1 cm³/mol. The van der Waals surface area contributed by atoms with Gasteiger partial charge in [-0.3, -0.25) is 4.79 Å². The molecule has 0 radical (unpaired) electrons. The highest BCUT2D eigenvalue weighted by molar-refractivity contribution is 7.91. The fourth-order valence-electron chi connectivity index (χ4n) is 2.63. The summed E-state index contributed by atoms with van der Waals surface area (Å²) < 4.78 is 23.1. The van der Waals surface area contributed by atoms with Crippen molar-refractivity contribution in [3.05, 3.63) is 30.3 Å². The molecule has 8 nitrogen and oxygen atoms in total. The zero-order chi connectivity index (χ0) is 16.5. The summed E-state index contributed by atoms with van der Waals surface area (Å²) in [7, 11) is -3.07. The molecule has 23 heavy (non-hydrogen) atoms. The average molecular weight is 335 g/mol. The van der Waals surface area contributed by atoms with Crippen LogP contribution in [0.1, 0.15) is 13.3 Å². The van der Waals surface area contributed by atoms with E-state index in [9.17, 15) is 13.2 Å². The molecule has 1 aliphatic rings. The van der Waals surface area contributed by atoms with Crippen molar-refractivity contribution in [2.24, 2.45) is 0 Å². The molecule has 0 bridgehead atoms. The molecule has 0 unspecified atom stereocenters. The van der Waals surface area contributed by atoms with E-state index >= 15 is 0 Å². The Labute approximate surface area is 133 Å². The summed E-state index contributed by atoms with van der Waals surface area (Å²) >= 11 is 0. The maximum absolute atomic E-state index is 12.1. The standard InChI is InChI=1S/C14H17N5O3S/c1-14(7-8-23(21,22)10-14)15-12(20)9-19-17-13(16-18-19)11-5-3-2-4-6-11/h2-6H,7-10H2,1H3,(H,15,20)/t14-/m0/s1. The molecule has 0 spiro atoms. The number of aromatic nitrogens is 4. The third-order valence-electron chi connectivity index (χ3n) is 3.71. The van der Waals surface area contributed by atoms with Gasteiger partial charge in [0.25, 0.3) is 0 Å². The van der Waals surface area contributed by atoms with E-state index in [0.717, 1.165) is 5.56 Å². The van der Waals surface area contributed by atoms with Crippen LogP contribution in [0.15, 0.2) is 30.3 Å². The van der Waals surface area contributed by atoms with Crippen LogP contribution < -0.4 is 5.32 Å². The topological polar surface area (TPSA) is 107 Å². The Bertz CT molecular complexity index is 818. The van der Waals surface area contributed by atoms with Crippen molar-refractivity contribution in [3.8, 4) is 11.4 Å². The van der Waals surface area contributed by atoms with Gasteiger partial charge in [0.05, 0.1) is 17.0 Å². The summed E-state index contributed by atoms with van der Waals surface area (Å²) in [6.45, 7) is 1.63. The number of sulfone groups is 1. The van der Waals surface area contributed by atoms with Gasteiger partial charge >= 0.3 is 0 Å². The number of hydrogen-bond acceptors (Lipinski definition) is 6. The molecular formula is C14H17N5O3S. The summed E-state index contributed by atoms with van der Waals surface area (Å²) in [5.41, 5.74) is 0.0895. The molecule has 1 aliphatic heterocycles. The molecule has 1 N–H and O–H groups in total. The Morgan fingerprint density at radius 3 is 2.74 bits per heavy atom. The summed E-state index contributed by atoms with van der Waals surface area (Å²) in [6, 6.07) is 9.32. The molecular weight excluding hydrogens is 318 g/mol. The third-order valence-corrected chi connectivity index (χ3v) is 5.62. The molecule has 9 heteroatoms. The lowest BCUT2D eigenvalue weighted by Crippen LogP contribution is -2.48. The number of tetrazole rings is 1. The lowest BCUT2D eigenvalue weighted by atomic mass is 10.0. The van der Waals surface area contributed by atoms with Crippen LogP contribution in [-0.2, 0) is 21.2 Å². The van der Waals surface area contributed by atoms with Gasteiger partial charge in [0, 0.05) is 5.56 Å². The van der Waals surface area contributed by atoms with Crippen molar-refractivity contribution in [2.75, 3.05) is 11.5 Å². The van der Waals surface area contributed by atoms with E-state index in [-0.39, 0.29) is 24.0 Å². The maximum atomic E-state index is 12.1. The molecule has 2 heterocycles. The van der Waals surface area contributed by atoms with Gasteiger partial charge < -0.3 is 5.32 Å². The largest absolute Gasteiger partial charge is 0.348 e. The SMILES string of the molecule is C[C@]1(NC(=O)Cn2nnc(-c3ccccc3)n2)CCS(=O)(=O)C1. The van der Waals surface area contributed by atoms with Crippen LogP contribution in [-0.4, -0.2) is 51.6 Å². The summed E-state index contributed by atoms with van der Waals surface area (Å²) in [4.78, 5) is 13.3. The fraction of sp³-hybridized carbons (Fsp3) is 0.429. The lowest BCUT2D eigenvalue weighted by molar-refractivity contribution is -0.123. The Morgan fingerprint density at radius 1 is 1.35 bits per heavy atom. The predicted octanol–water partition coefficient (Wildman–Crippen LogP) is 0.0335. The maximum Gasteiger partial charge on any atom is 0.244 e. The highest BCUT2D eigenvalue weighted by Crippen LogP contribution is 2.22. The van der Waals surface area contributed by atoms with Crippen molar-refractivity contribution in [1.82, 2.24) is 25.5 Å². The van der Waals surface area contributed by atoms with E-state index < -0.39 is 15.4 Å². The van der Waals surface area contributed by atoms with Crippen molar-refractivity contribution < 1.29 is 13.2 Å². The molecule has 1 atom stereocenters. The number of carbonyl (C=O) groups excluding carboxylic acids is 1. The van der Waals surface area contributed by atoms with Gasteiger partial charge in [-0.15, -0.1) is 10.2 Å². The smallest absolute Gasteiger partial charge is 0.244 e. The third kappa shape index (κ3) is 3.73. The minimum absolute atomic E-state index is 0.0359. The second-order valence-corrected chi connectivity index (χ2v) is 8.14. The van der Waals surface area contributed by atoms with Gasteiger partial charge in [0.2, 0.25) is 11.7 Å².